The molecule has 0 radical (unpaired) electrons. The number of para-hydroxylation sites is 1. The number of rotatable bonds is 5. The molecular formula is C27H28ClN3O3. The number of halogens is 1. The standard InChI is InChI=1S/C27H28ClN3O3/c1-33-20-11-8-19(9-12-20)29-27(32)22-15-18-7-10-21(34-2)16-25(18)31-14-13-30(17-26(22)31)24-6-4-3-5-23(24)28/h3-12,16,22,26H,13-15,17H2,1-2H3,(H,29,32). The van der Waals surface area contributed by atoms with Crippen molar-refractivity contribution in [2.45, 2.75) is 12.5 Å². The highest BCUT2D eigenvalue weighted by molar-refractivity contribution is 6.33. The molecule has 1 fully saturated rings. The molecule has 2 unspecified atom stereocenters. The van der Waals surface area contributed by atoms with Crippen molar-refractivity contribution < 1.29 is 14.3 Å². The van der Waals surface area contributed by atoms with Gasteiger partial charge in [-0.2, -0.15) is 0 Å². The number of anilines is 3. The SMILES string of the molecule is COc1ccc(NC(=O)C2Cc3ccc(OC)cc3N3CCN(c4ccccc4Cl)CC23)cc1. The maximum absolute atomic E-state index is 13.6. The molecule has 0 spiro atoms. The van der Waals surface area contributed by atoms with Crippen molar-refractivity contribution in [2.75, 3.05) is 49.0 Å². The van der Waals surface area contributed by atoms with Crippen LogP contribution in [-0.4, -0.2) is 45.8 Å². The molecule has 7 heteroatoms. The second kappa shape index (κ2) is 9.47. The molecule has 1 N–H and O–H groups in total. The summed E-state index contributed by atoms with van der Waals surface area (Å²) in [6.07, 6.45) is 0.666. The normalized spacial score (nSPS) is 19.1. The molecule has 0 bridgehead atoms. The summed E-state index contributed by atoms with van der Waals surface area (Å²) in [7, 11) is 3.31. The number of hydrogen-bond donors (Lipinski definition) is 1. The van der Waals surface area contributed by atoms with Gasteiger partial charge in [0.2, 0.25) is 5.91 Å². The lowest BCUT2D eigenvalue weighted by Crippen LogP contribution is -2.60. The fourth-order valence-electron chi connectivity index (χ4n) is 5.04. The second-order valence-corrected chi connectivity index (χ2v) is 9.09. The van der Waals surface area contributed by atoms with Gasteiger partial charge in [0.05, 0.1) is 36.9 Å². The van der Waals surface area contributed by atoms with Crippen LogP contribution in [0.2, 0.25) is 5.02 Å². The van der Waals surface area contributed by atoms with Crippen LogP contribution in [0.4, 0.5) is 17.1 Å². The van der Waals surface area contributed by atoms with E-state index in [0.717, 1.165) is 52.2 Å². The number of amides is 1. The molecule has 3 aromatic rings. The molecule has 0 aliphatic carbocycles. The number of nitrogens with one attached hydrogen (secondary N) is 1. The third-order valence-electron chi connectivity index (χ3n) is 6.81. The number of nitrogens with zero attached hydrogens (tertiary/aromatic N) is 2. The van der Waals surface area contributed by atoms with Gasteiger partial charge in [-0.3, -0.25) is 4.79 Å². The Balaban J connectivity index is 1.46. The van der Waals surface area contributed by atoms with Gasteiger partial charge in [-0.1, -0.05) is 29.8 Å². The van der Waals surface area contributed by atoms with Gasteiger partial charge in [0.25, 0.3) is 0 Å². The number of fused-ring (bicyclic) bond motifs is 3. The van der Waals surface area contributed by atoms with Crippen LogP contribution in [0.3, 0.4) is 0 Å². The molecule has 1 amide bonds. The zero-order valence-corrected chi connectivity index (χ0v) is 20.1. The Hall–Kier alpha value is -3.38. The third-order valence-corrected chi connectivity index (χ3v) is 7.13. The quantitative estimate of drug-likeness (QED) is 0.568. The topological polar surface area (TPSA) is 54.0 Å². The maximum Gasteiger partial charge on any atom is 0.229 e. The van der Waals surface area contributed by atoms with Crippen molar-refractivity contribution in [3.8, 4) is 11.5 Å². The van der Waals surface area contributed by atoms with Crippen LogP contribution in [0.5, 0.6) is 11.5 Å². The van der Waals surface area contributed by atoms with Crippen LogP contribution in [-0.2, 0) is 11.2 Å². The van der Waals surface area contributed by atoms with E-state index in [4.69, 9.17) is 21.1 Å². The fraction of sp³-hybridized carbons (Fsp3) is 0.296. The van der Waals surface area contributed by atoms with E-state index in [-0.39, 0.29) is 17.9 Å². The van der Waals surface area contributed by atoms with Gasteiger partial charge in [-0.15, -0.1) is 0 Å². The summed E-state index contributed by atoms with van der Waals surface area (Å²) in [5.74, 6) is 1.38. The first-order valence-electron chi connectivity index (χ1n) is 11.5. The van der Waals surface area contributed by atoms with Crippen molar-refractivity contribution in [1.82, 2.24) is 0 Å². The minimum absolute atomic E-state index is 0.00266. The van der Waals surface area contributed by atoms with Crippen LogP contribution < -0.4 is 24.6 Å². The lowest BCUT2D eigenvalue weighted by molar-refractivity contribution is -0.120. The molecule has 2 aliphatic heterocycles. The van der Waals surface area contributed by atoms with E-state index < -0.39 is 0 Å². The highest BCUT2D eigenvalue weighted by atomic mass is 35.5. The average molecular weight is 478 g/mol. The number of piperazine rings is 1. The summed E-state index contributed by atoms with van der Waals surface area (Å²) in [5, 5.41) is 3.85. The average Bonchev–Trinajstić information content (AvgIpc) is 2.88. The van der Waals surface area contributed by atoms with E-state index in [1.807, 2.05) is 54.6 Å². The minimum Gasteiger partial charge on any atom is -0.497 e. The highest BCUT2D eigenvalue weighted by Crippen LogP contribution is 2.40. The summed E-state index contributed by atoms with van der Waals surface area (Å²) in [5.41, 5.74) is 4.08. The van der Waals surface area contributed by atoms with Crippen molar-refractivity contribution in [1.29, 1.82) is 0 Å². The van der Waals surface area contributed by atoms with Gasteiger partial charge >= 0.3 is 0 Å². The highest BCUT2D eigenvalue weighted by Gasteiger charge is 2.42. The zero-order chi connectivity index (χ0) is 23.7. The van der Waals surface area contributed by atoms with Crippen LogP contribution >= 0.6 is 11.6 Å². The first kappa shape index (κ1) is 22.4. The van der Waals surface area contributed by atoms with Crippen LogP contribution in [0.1, 0.15) is 5.56 Å². The Bertz CT molecular complexity index is 1180. The molecule has 3 aromatic carbocycles. The van der Waals surface area contributed by atoms with Gasteiger partial charge in [-0.05, 0) is 54.4 Å². The number of hydrogen-bond acceptors (Lipinski definition) is 5. The Morgan fingerprint density at radius 3 is 2.41 bits per heavy atom. The molecule has 176 valence electrons. The van der Waals surface area contributed by atoms with Gasteiger partial charge in [0, 0.05) is 37.1 Å². The molecule has 34 heavy (non-hydrogen) atoms. The van der Waals surface area contributed by atoms with Crippen molar-refractivity contribution in [2.24, 2.45) is 5.92 Å². The predicted octanol–water partition coefficient (Wildman–Crippen LogP) is 4.86. The zero-order valence-electron chi connectivity index (χ0n) is 19.3. The van der Waals surface area contributed by atoms with Crippen LogP contribution in [0.25, 0.3) is 0 Å². The Morgan fingerprint density at radius 2 is 1.68 bits per heavy atom. The summed E-state index contributed by atoms with van der Waals surface area (Å²) in [6.45, 7) is 2.33. The minimum atomic E-state index is -0.215. The largest absolute Gasteiger partial charge is 0.497 e. The summed E-state index contributed by atoms with van der Waals surface area (Å²) in [6, 6.07) is 21.5. The molecule has 6 nitrogen and oxygen atoms in total. The van der Waals surface area contributed by atoms with Gasteiger partial charge in [0.15, 0.2) is 0 Å². The number of carbonyl (C=O) groups excluding carboxylic acids is 1. The van der Waals surface area contributed by atoms with E-state index in [1.54, 1.807) is 14.2 Å². The Labute approximate surface area is 205 Å². The van der Waals surface area contributed by atoms with E-state index in [9.17, 15) is 4.79 Å². The number of carbonyl (C=O) groups is 1. The Kier molecular flexibility index (Phi) is 6.24. The molecule has 2 aliphatic rings. The van der Waals surface area contributed by atoms with E-state index >= 15 is 0 Å². The number of methoxy groups -OCH3 is 2. The number of ether oxygens (including phenoxy) is 2. The van der Waals surface area contributed by atoms with Crippen LogP contribution in [0.15, 0.2) is 66.7 Å². The smallest absolute Gasteiger partial charge is 0.229 e. The summed E-state index contributed by atoms with van der Waals surface area (Å²) in [4.78, 5) is 18.2. The van der Waals surface area contributed by atoms with E-state index in [2.05, 4.69) is 27.2 Å². The maximum atomic E-state index is 13.6. The fourth-order valence-corrected chi connectivity index (χ4v) is 5.30. The molecule has 0 saturated carbocycles. The third kappa shape index (κ3) is 4.26. The molecule has 1 saturated heterocycles. The number of benzene rings is 3. The monoisotopic (exact) mass is 477 g/mol. The van der Waals surface area contributed by atoms with Gasteiger partial charge in [0.1, 0.15) is 11.5 Å². The van der Waals surface area contributed by atoms with Gasteiger partial charge < -0.3 is 24.6 Å². The predicted molar refractivity (Wildman–Crippen MR) is 137 cm³/mol. The lowest BCUT2D eigenvalue weighted by atomic mass is 9.83. The summed E-state index contributed by atoms with van der Waals surface area (Å²) < 4.78 is 10.7. The van der Waals surface area contributed by atoms with Crippen molar-refractivity contribution in [3.05, 3.63) is 77.3 Å². The van der Waals surface area contributed by atoms with Crippen molar-refractivity contribution >= 4 is 34.6 Å². The van der Waals surface area contributed by atoms with E-state index in [1.165, 1.54) is 0 Å². The first-order valence-corrected chi connectivity index (χ1v) is 11.8. The van der Waals surface area contributed by atoms with Crippen LogP contribution in [0, 0.1) is 5.92 Å². The van der Waals surface area contributed by atoms with E-state index in [0.29, 0.717) is 13.0 Å². The summed E-state index contributed by atoms with van der Waals surface area (Å²) >= 11 is 6.52. The second-order valence-electron chi connectivity index (χ2n) is 8.68. The van der Waals surface area contributed by atoms with Gasteiger partial charge in [-0.25, -0.2) is 0 Å². The first-order chi connectivity index (χ1) is 16.6. The molecule has 2 heterocycles. The molecule has 5 rings (SSSR count). The Morgan fingerprint density at radius 1 is 0.941 bits per heavy atom. The lowest BCUT2D eigenvalue weighted by Gasteiger charge is -2.49. The van der Waals surface area contributed by atoms with Crippen molar-refractivity contribution in [3.63, 3.8) is 0 Å². The molecular weight excluding hydrogens is 450 g/mol. The molecule has 2 atom stereocenters. The molecule has 0 aromatic heterocycles.